The second-order valence-corrected chi connectivity index (χ2v) is 5.56. The summed E-state index contributed by atoms with van der Waals surface area (Å²) in [6, 6.07) is 10.5. The van der Waals surface area contributed by atoms with Gasteiger partial charge < -0.3 is 10.2 Å². The molecular formula is C16H26N2O. The maximum Gasteiger partial charge on any atom is 0.317 e. The number of amides is 2. The van der Waals surface area contributed by atoms with E-state index in [2.05, 4.69) is 38.2 Å². The number of rotatable bonds is 6. The molecule has 0 spiro atoms. The highest BCUT2D eigenvalue weighted by Crippen LogP contribution is 2.09. The van der Waals surface area contributed by atoms with E-state index in [1.807, 2.05) is 25.2 Å². The first-order valence-corrected chi connectivity index (χ1v) is 7.05. The summed E-state index contributed by atoms with van der Waals surface area (Å²) < 4.78 is 0. The number of hydrogen-bond acceptors (Lipinski definition) is 1. The van der Waals surface area contributed by atoms with Crippen molar-refractivity contribution in [3.63, 3.8) is 0 Å². The molecule has 3 heteroatoms. The highest BCUT2D eigenvalue weighted by atomic mass is 16.2. The average Bonchev–Trinajstić information content (AvgIpc) is 2.38. The van der Waals surface area contributed by atoms with Gasteiger partial charge in [0.25, 0.3) is 0 Å². The van der Waals surface area contributed by atoms with E-state index in [1.165, 1.54) is 5.56 Å². The third kappa shape index (κ3) is 5.77. The van der Waals surface area contributed by atoms with Crippen molar-refractivity contribution in [2.75, 3.05) is 13.6 Å². The fraction of sp³-hybridized carbons (Fsp3) is 0.562. The maximum absolute atomic E-state index is 12.0. The van der Waals surface area contributed by atoms with E-state index in [0.717, 1.165) is 12.8 Å². The van der Waals surface area contributed by atoms with Crippen LogP contribution in [0.2, 0.25) is 0 Å². The lowest BCUT2D eigenvalue weighted by atomic mass is 10.0. The van der Waals surface area contributed by atoms with Gasteiger partial charge >= 0.3 is 6.03 Å². The van der Waals surface area contributed by atoms with Crippen LogP contribution in [0.5, 0.6) is 0 Å². The van der Waals surface area contributed by atoms with E-state index in [0.29, 0.717) is 12.5 Å². The third-order valence-corrected chi connectivity index (χ3v) is 3.33. The van der Waals surface area contributed by atoms with Crippen LogP contribution in [0, 0.1) is 5.92 Å². The summed E-state index contributed by atoms with van der Waals surface area (Å²) in [4.78, 5) is 13.8. The first kappa shape index (κ1) is 15.5. The van der Waals surface area contributed by atoms with Crippen molar-refractivity contribution in [1.82, 2.24) is 10.2 Å². The Morgan fingerprint density at radius 1 is 1.21 bits per heavy atom. The molecule has 1 rings (SSSR count). The van der Waals surface area contributed by atoms with Crippen LogP contribution in [-0.4, -0.2) is 30.6 Å². The van der Waals surface area contributed by atoms with Gasteiger partial charge in [-0.05, 0) is 31.2 Å². The number of carbonyl (C=O) groups is 1. The Morgan fingerprint density at radius 3 is 2.42 bits per heavy atom. The molecule has 0 aliphatic heterocycles. The summed E-state index contributed by atoms with van der Waals surface area (Å²) in [6.07, 6.45) is 1.90. The molecule has 0 radical (unpaired) electrons. The number of benzene rings is 1. The lowest BCUT2D eigenvalue weighted by molar-refractivity contribution is 0.187. The van der Waals surface area contributed by atoms with Gasteiger partial charge in [-0.2, -0.15) is 0 Å². The van der Waals surface area contributed by atoms with Gasteiger partial charge in [-0.3, -0.25) is 0 Å². The number of hydrogen-bond donors (Lipinski definition) is 1. The van der Waals surface area contributed by atoms with E-state index < -0.39 is 0 Å². The van der Waals surface area contributed by atoms with E-state index in [4.69, 9.17) is 0 Å². The SMILES string of the molecule is CC(C)CC(C)N(C)C(=O)NCCc1ccccc1. The molecule has 106 valence electrons. The number of carbonyl (C=O) groups excluding carboxylic acids is 1. The van der Waals surface area contributed by atoms with Gasteiger partial charge in [-0.15, -0.1) is 0 Å². The van der Waals surface area contributed by atoms with Crippen molar-refractivity contribution >= 4 is 6.03 Å². The zero-order valence-electron chi connectivity index (χ0n) is 12.5. The highest BCUT2D eigenvalue weighted by Gasteiger charge is 2.15. The van der Waals surface area contributed by atoms with Gasteiger partial charge in [-0.25, -0.2) is 4.79 Å². The molecule has 3 nitrogen and oxygen atoms in total. The minimum Gasteiger partial charge on any atom is -0.338 e. The number of urea groups is 1. The van der Waals surface area contributed by atoms with Crippen LogP contribution < -0.4 is 5.32 Å². The number of nitrogens with zero attached hydrogens (tertiary/aromatic N) is 1. The number of nitrogens with one attached hydrogen (secondary N) is 1. The van der Waals surface area contributed by atoms with E-state index in [9.17, 15) is 4.79 Å². The van der Waals surface area contributed by atoms with Crippen LogP contribution in [0.3, 0.4) is 0 Å². The predicted octanol–water partition coefficient (Wildman–Crippen LogP) is 3.31. The fourth-order valence-electron chi connectivity index (χ4n) is 2.12. The van der Waals surface area contributed by atoms with E-state index in [-0.39, 0.29) is 12.1 Å². The molecule has 0 aromatic heterocycles. The molecular weight excluding hydrogens is 236 g/mol. The molecule has 0 fully saturated rings. The molecule has 0 saturated carbocycles. The Morgan fingerprint density at radius 2 is 1.84 bits per heavy atom. The average molecular weight is 262 g/mol. The molecule has 1 N–H and O–H groups in total. The van der Waals surface area contributed by atoms with Crippen LogP contribution in [0.15, 0.2) is 30.3 Å². The van der Waals surface area contributed by atoms with Crippen LogP contribution in [0.1, 0.15) is 32.8 Å². The Bertz CT molecular complexity index is 376. The normalized spacial score (nSPS) is 12.3. The van der Waals surface area contributed by atoms with Crippen molar-refractivity contribution in [1.29, 1.82) is 0 Å². The molecule has 1 unspecified atom stereocenters. The molecule has 1 aromatic carbocycles. The van der Waals surface area contributed by atoms with E-state index in [1.54, 1.807) is 4.90 Å². The summed E-state index contributed by atoms with van der Waals surface area (Å²) in [5.41, 5.74) is 1.25. The first-order valence-electron chi connectivity index (χ1n) is 7.05. The van der Waals surface area contributed by atoms with Gasteiger partial charge in [0, 0.05) is 19.6 Å². The molecule has 0 aliphatic rings. The standard InChI is InChI=1S/C16H26N2O/c1-13(2)12-14(3)18(4)16(19)17-11-10-15-8-6-5-7-9-15/h5-9,13-14H,10-12H2,1-4H3,(H,17,19). The monoisotopic (exact) mass is 262 g/mol. The van der Waals surface area contributed by atoms with Crippen molar-refractivity contribution in [3.05, 3.63) is 35.9 Å². The third-order valence-electron chi connectivity index (χ3n) is 3.33. The van der Waals surface area contributed by atoms with Crippen LogP contribution in [0.25, 0.3) is 0 Å². The van der Waals surface area contributed by atoms with Crippen molar-refractivity contribution in [2.45, 2.75) is 39.7 Å². The summed E-state index contributed by atoms with van der Waals surface area (Å²) in [5.74, 6) is 0.606. The Balaban J connectivity index is 2.30. The Hall–Kier alpha value is -1.51. The molecule has 0 heterocycles. The Kier molecular flexibility index (Phi) is 6.40. The van der Waals surface area contributed by atoms with Gasteiger partial charge in [0.1, 0.15) is 0 Å². The molecule has 0 bridgehead atoms. The Labute approximate surface area is 117 Å². The summed E-state index contributed by atoms with van der Waals surface area (Å²) >= 11 is 0. The quantitative estimate of drug-likeness (QED) is 0.838. The second-order valence-electron chi connectivity index (χ2n) is 5.56. The smallest absolute Gasteiger partial charge is 0.317 e. The highest BCUT2D eigenvalue weighted by molar-refractivity contribution is 5.74. The van der Waals surface area contributed by atoms with E-state index >= 15 is 0 Å². The van der Waals surface area contributed by atoms with Crippen molar-refractivity contribution < 1.29 is 4.79 Å². The maximum atomic E-state index is 12.0. The zero-order valence-corrected chi connectivity index (χ0v) is 12.5. The summed E-state index contributed by atoms with van der Waals surface area (Å²) in [5, 5.41) is 2.97. The molecule has 0 saturated heterocycles. The second kappa shape index (κ2) is 7.82. The van der Waals surface area contributed by atoms with Gasteiger partial charge in [0.05, 0.1) is 0 Å². The molecule has 2 amide bonds. The minimum absolute atomic E-state index is 0.0177. The van der Waals surface area contributed by atoms with Gasteiger partial charge in [0.2, 0.25) is 0 Å². The molecule has 19 heavy (non-hydrogen) atoms. The van der Waals surface area contributed by atoms with Crippen molar-refractivity contribution in [3.8, 4) is 0 Å². The lowest BCUT2D eigenvalue weighted by Gasteiger charge is -2.26. The largest absolute Gasteiger partial charge is 0.338 e. The molecule has 1 aromatic rings. The predicted molar refractivity (Wildman–Crippen MR) is 80.2 cm³/mol. The molecule has 0 aliphatic carbocycles. The first-order chi connectivity index (χ1) is 9.00. The van der Waals surface area contributed by atoms with Crippen LogP contribution >= 0.6 is 0 Å². The topological polar surface area (TPSA) is 32.3 Å². The van der Waals surface area contributed by atoms with Gasteiger partial charge in [0.15, 0.2) is 0 Å². The van der Waals surface area contributed by atoms with Crippen LogP contribution in [-0.2, 0) is 6.42 Å². The lowest BCUT2D eigenvalue weighted by Crippen LogP contribution is -2.43. The van der Waals surface area contributed by atoms with Gasteiger partial charge in [-0.1, -0.05) is 44.2 Å². The fourth-order valence-corrected chi connectivity index (χ4v) is 2.12. The zero-order chi connectivity index (χ0) is 14.3. The summed E-state index contributed by atoms with van der Waals surface area (Å²) in [6.45, 7) is 7.13. The summed E-state index contributed by atoms with van der Waals surface area (Å²) in [7, 11) is 1.87. The van der Waals surface area contributed by atoms with Crippen molar-refractivity contribution in [2.24, 2.45) is 5.92 Å². The molecule has 1 atom stereocenters. The minimum atomic E-state index is 0.0177. The van der Waals surface area contributed by atoms with Crippen LogP contribution in [0.4, 0.5) is 4.79 Å².